The summed E-state index contributed by atoms with van der Waals surface area (Å²) in [5.74, 6) is 1.31. The zero-order valence-electron chi connectivity index (χ0n) is 9.68. The number of ether oxygens (including phenoxy) is 1. The minimum absolute atomic E-state index is 0.376. The maximum absolute atomic E-state index is 5.81. The zero-order chi connectivity index (χ0) is 12.3. The first-order chi connectivity index (χ1) is 8.26. The summed E-state index contributed by atoms with van der Waals surface area (Å²) in [5, 5.41) is 0. The highest BCUT2D eigenvalue weighted by molar-refractivity contribution is 5.71. The number of nitrogens with two attached hydrogens (primary N) is 2. The number of benzene rings is 1. The predicted molar refractivity (Wildman–Crippen MR) is 68.5 cm³/mol. The van der Waals surface area contributed by atoms with Crippen molar-refractivity contribution in [3.05, 3.63) is 42.1 Å². The van der Waals surface area contributed by atoms with E-state index in [1.165, 1.54) is 0 Å². The molecule has 0 fully saturated rings. The molecule has 4 nitrogen and oxygen atoms in total. The maximum atomic E-state index is 5.81. The number of nitrogens with zero attached hydrogens (tertiary/aromatic N) is 1. The van der Waals surface area contributed by atoms with Crippen LogP contribution in [0.2, 0.25) is 0 Å². The van der Waals surface area contributed by atoms with Crippen LogP contribution < -0.4 is 16.2 Å². The van der Waals surface area contributed by atoms with E-state index in [4.69, 9.17) is 16.2 Å². The lowest BCUT2D eigenvalue weighted by Gasteiger charge is -2.10. The number of nitrogen functional groups attached to an aromatic ring is 1. The van der Waals surface area contributed by atoms with E-state index in [0.717, 1.165) is 22.4 Å². The fourth-order valence-electron chi connectivity index (χ4n) is 1.76. The van der Waals surface area contributed by atoms with E-state index in [9.17, 15) is 0 Å². The minimum atomic E-state index is 0.376. The van der Waals surface area contributed by atoms with E-state index in [1.54, 1.807) is 13.3 Å². The quantitative estimate of drug-likeness (QED) is 0.841. The van der Waals surface area contributed by atoms with Crippen LogP contribution in [0.5, 0.6) is 5.75 Å². The van der Waals surface area contributed by atoms with Crippen LogP contribution in [0.1, 0.15) is 5.56 Å². The second-order valence-electron chi connectivity index (χ2n) is 3.65. The smallest absolute Gasteiger partial charge is 0.128 e. The third kappa shape index (κ3) is 2.21. The van der Waals surface area contributed by atoms with Gasteiger partial charge in [-0.3, -0.25) is 0 Å². The number of aromatic nitrogens is 1. The van der Waals surface area contributed by atoms with E-state index in [0.29, 0.717) is 12.4 Å². The topological polar surface area (TPSA) is 74.2 Å². The van der Waals surface area contributed by atoms with Gasteiger partial charge in [-0.1, -0.05) is 12.1 Å². The van der Waals surface area contributed by atoms with Crippen molar-refractivity contribution in [1.29, 1.82) is 0 Å². The molecular weight excluding hydrogens is 214 g/mol. The molecule has 1 heterocycles. The van der Waals surface area contributed by atoms with Crippen molar-refractivity contribution < 1.29 is 4.74 Å². The molecule has 2 aromatic rings. The lowest BCUT2D eigenvalue weighted by molar-refractivity contribution is 0.415. The van der Waals surface area contributed by atoms with Crippen LogP contribution in [0.4, 0.5) is 5.82 Å². The van der Waals surface area contributed by atoms with Gasteiger partial charge in [0.15, 0.2) is 0 Å². The summed E-state index contributed by atoms with van der Waals surface area (Å²) < 4.78 is 5.12. The summed E-state index contributed by atoms with van der Waals surface area (Å²) in [6.45, 7) is 0.376. The molecule has 0 saturated carbocycles. The number of pyridine rings is 1. The SMILES string of the molecule is COc1ccc(-c2ccnc(N)c2CN)cc1. The van der Waals surface area contributed by atoms with Crippen LogP contribution in [0.15, 0.2) is 36.5 Å². The molecule has 0 radical (unpaired) electrons. The molecule has 0 bridgehead atoms. The van der Waals surface area contributed by atoms with E-state index in [-0.39, 0.29) is 0 Å². The molecule has 1 aromatic heterocycles. The standard InChI is InChI=1S/C13H15N3O/c1-17-10-4-2-9(3-5-10)11-6-7-16-13(15)12(11)8-14/h2-7H,8,14H2,1H3,(H2,15,16). The van der Waals surface area contributed by atoms with Crippen LogP contribution in [-0.4, -0.2) is 12.1 Å². The molecule has 0 spiro atoms. The van der Waals surface area contributed by atoms with E-state index >= 15 is 0 Å². The first-order valence-electron chi connectivity index (χ1n) is 5.34. The Bertz CT molecular complexity index is 509. The molecule has 17 heavy (non-hydrogen) atoms. The van der Waals surface area contributed by atoms with E-state index < -0.39 is 0 Å². The molecule has 1 aromatic carbocycles. The average molecular weight is 229 g/mol. The monoisotopic (exact) mass is 229 g/mol. The van der Waals surface area contributed by atoms with Gasteiger partial charge in [-0.15, -0.1) is 0 Å². The largest absolute Gasteiger partial charge is 0.497 e. The van der Waals surface area contributed by atoms with Crippen LogP contribution in [0.3, 0.4) is 0 Å². The summed E-state index contributed by atoms with van der Waals surface area (Å²) in [6, 6.07) is 9.69. The molecule has 0 amide bonds. The third-order valence-electron chi connectivity index (χ3n) is 2.69. The second-order valence-corrected chi connectivity index (χ2v) is 3.65. The molecular formula is C13H15N3O. The molecule has 0 unspecified atom stereocenters. The highest BCUT2D eigenvalue weighted by atomic mass is 16.5. The van der Waals surface area contributed by atoms with Crippen molar-refractivity contribution in [2.24, 2.45) is 5.73 Å². The number of hydrogen-bond donors (Lipinski definition) is 2. The summed E-state index contributed by atoms with van der Waals surface area (Å²) in [5.41, 5.74) is 14.5. The fraction of sp³-hybridized carbons (Fsp3) is 0.154. The highest BCUT2D eigenvalue weighted by Crippen LogP contribution is 2.27. The summed E-state index contributed by atoms with van der Waals surface area (Å²) in [6.07, 6.45) is 1.69. The predicted octanol–water partition coefficient (Wildman–Crippen LogP) is 1.80. The second kappa shape index (κ2) is 4.84. The van der Waals surface area contributed by atoms with Crippen LogP contribution in [0, 0.1) is 0 Å². The van der Waals surface area contributed by atoms with E-state index in [2.05, 4.69) is 4.98 Å². The van der Waals surface area contributed by atoms with Crippen molar-refractivity contribution in [3.8, 4) is 16.9 Å². The van der Waals surface area contributed by atoms with Gasteiger partial charge in [0.25, 0.3) is 0 Å². The van der Waals surface area contributed by atoms with Crippen molar-refractivity contribution in [2.45, 2.75) is 6.54 Å². The number of anilines is 1. The van der Waals surface area contributed by atoms with Gasteiger partial charge in [-0.2, -0.15) is 0 Å². The van der Waals surface area contributed by atoms with Crippen LogP contribution in [0.25, 0.3) is 11.1 Å². The molecule has 0 aliphatic heterocycles. The fourth-order valence-corrected chi connectivity index (χ4v) is 1.76. The molecule has 0 atom stereocenters. The Balaban J connectivity index is 2.48. The lowest BCUT2D eigenvalue weighted by atomic mass is 10.0. The van der Waals surface area contributed by atoms with Gasteiger partial charge in [0.05, 0.1) is 7.11 Å². The summed E-state index contributed by atoms with van der Waals surface area (Å²) in [4.78, 5) is 4.04. The maximum Gasteiger partial charge on any atom is 0.128 e. The molecule has 0 aliphatic rings. The Kier molecular flexibility index (Phi) is 3.25. The highest BCUT2D eigenvalue weighted by Gasteiger charge is 2.07. The van der Waals surface area contributed by atoms with Crippen molar-refractivity contribution in [1.82, 2.24) is 4.98 Å². The summed E-state index contributed by atoms with van der Waals surface area (Å²) >= 11 is 0. The van der Waals surface area contributed by atoms with Crippen molar-refractivity contribution >= 4 is 5.82 Å². The Morgan fingerprint density at radius 1 is 1.18 bits per heavy atom. The molecule has 0 saturated heterocycles. The van der Waals surface area contributed by atoms with Gasteiger partial charge in [0, 0.05) is 18.3 Å². The molecule has 0 aliphatic carbocycles. The van der Waals surface area contributed by atoms with Crippen molar-refractivity contribution in [2.75, 3.05) is 12.8 Å². The van der Waals surface area contributed by atoms with Crippen LogP contribution >= 0.6 is 0 Å². The van der Waals surface area contributed by atoms with Gasteiger partial charge >= 0.3 is 0 Å². The molecule has 4 N–H and O–H groups in total. The third-order valence-corrected chi connectivity index (χ3v) is 2.69. The van der Waals surface area contributed by atoms with Crippen molar-refractivity contribution in [3.63, 3.8) is 0 Å². The lowest BCUT2D eigenvalue weighted by Crippen LogP contribution is -2.05. The van der Waals surface area contributed by atoms with Gasteiger partial charge in [0.2, 0.25) is 0 Å². The number of rotatable bonds is 3. The minimum Gasteiger partial charge on any atom is -0.497 e. The van der Waals surface area contributed by atoms with Crippen LogP contribution in [-0.2, 0) is 6.54 Å². The van der Waals surface area contributed by atoms with Gasteiger partial charge in [0.1, 0.15) is 11.6 Å². The van der Waals surface area contributed by atoms with Gasteiger partial charge < -0.3 is 16.2 Å². The van der Waals surface area contributed by atoms with E-state index in [1.807, 2.05) is 30.3 Å². The zero-order valence-corrected chi connectivity index (χ0v) is 9.68. The average Bonchev–Trinajstić information content (AvgIpc) is 2.38. The Morgan fingerprint density at radius 2 is 1.88 bits per heavy atom. The first kappa shape index (κ1) is 11.4. The Morgan fingerprint density at radius 3 is 2.47 bits per heavy atom. The Labute approximate surface area is 100 Å². The van der Waals surface area contributed by atoms with Gasteiger partial charge in [-0.25, -0.2) is 4.98 Å². The number of methoxy groups -OCH3 is 1. The number of hydrogen-bond acceptors (Lipinski definition) is 4. The molecule has 2 rings (SSSR count). The summed E-state index contributed by atoms with van der Waals surface area (Å²) in [7, 11) is 1.64. The molecule has 88 valence electrons. The van der Waals surface area contributed by atoms with Gasteiger partial charge in [-0.05, 0) is 29.3 Å². The Hall–Kier alpha value is -2.07. The molecule has 4 heteroatoms. The first-order valence-corrected chi connectivity index (χ1v) is 5.34. The normalized spacial score (nSPS) is 10.2.